The van der Waals surface area contributed by atoms with Gasteiger partial charge in [-0.25, -0.2) is 13.5 Å². The molecule has 4 aromatic carbocycles. The number of allylic oxidation sites excluding steroid dienone is 1. The van der Waals surface area contributed by atoms with Gasteiger partial charge in [-0.2, -0.15) is 23.5 Å². The van der Waals surface area contributed by atoms with Crippen LogP contribution in [-0.2, 0) is 80.5 Å². The molecule has 5 aliphatic rings. The summed E-state index contributed by atoms with van der Waals surface area (Å²) in [5.41, 5.74) is 5.16. The maximum absolute atomic E-state index is 15.7. The number of hydrogen-bond donors (Lipinski definition) is 7. The van der Waals surface area contributed by atoms with Crippen molar-refractivity contribution < 1.29 is 56.7 Å². The lowest BCUT2D eigenvalue weighted by atomic mass is 9.95. The van der Waals surface area contributed by atoms with Crippen LogP contribution in [0.5, 0.6) is 5.75 Å². The fourth-order valence-corrected chi connectivity index (χ4v) is 14.9. The predicted octanol–water partition coefficient (Wildman–Crippen LogP) is 4.32. The molecule has 2 fully saturated rings. The van der Waals surface area contributed by atoms with Crippen molar-refractivity contribution in [2.24, 2.45) is 0 Å². The molecule has 0 saturated carbocycles. The highest BCUT2D eigenvalue weighted by Crippen LogP contribution is 2.35. The molecule has 2 aromatic heterocycles. The third-order valence-electron chi connectivity index (χ3n) is 18.2. The summed E-state index contributed by atoms with van der Waals surface area (Å²) < 4.78 is 39.5. The molecule has 4 aliphatic heterocycles. The van der Waals surface area contributed by atoms with Crippen LogP contribution in [0.3, 0.4) is 0 Å². The molecule has 7 N–H and O–H groups in total. The lowest BCUT2D eigenvalue weighted by molar-refractivity contribution is -0.146. The Bertz CT molecular complexity index is 3990. The summed E-state index contributed by atoms with van der Waals surface area (Å²) in [5.74, 6) is -4.56. The monoisotopic (exact) mass is 1340 g/mol. The summed E-state index contributed by atoms with van der Waals surface area (Å²) >= 11 is 3.05. The molecule has 7 atom stereocenters. The Kier molecular flexibility index (Phi) is 21.0. The average Bonchev–Trinajstić information content (AvgIpc) is 1.69. The minimum atomic E-state index is -1.52. The van der Waals surface area contributed by atoms with E-state index in [2.05, 4.69) is 47.5 Å². The fraction of sp³-hybridized carbons (Fsp3) is 0.426. The number of nitrogens with zero attached hydrogens (tertiary/aromatic N) is 6. The first-order valence-corrected chi connectivity index (χ1v) is 34.3. The van der Waals surface area contributed by atoms with Gasteiger partial charge in [0.05, 0.1) is 32.1 Å². The van der Waals surface area contributed by atoms with Crippen molar-refractivity contribution in [1.29, 1.82) is 0 Å². The van der Waals surface area contributed by atoms with E-state index in [1.54, 1.807) is 72.2 Å². The Morgan fingerprint density at radius 1 is 0.695 bits per heavy atom. The Labute approximate surface area is 556 Å². The topological polar surface area (TPSA) is 289 Å². The molecule has 23 nitrogen and oxygen atoms in total. The van der Waals surface area contributed by atoms with Gasteiger partial charge in [-0.3, -0.25) is 43.2 Å². The summed E-state index contributed by atoms with van der Waals surface area (Å²) in [6.07, 6.45) is 6.67. The van der Waals surface area contributed by atoms with Crippen molar-refractivity contribution in [2.45, 2.75) is 138 Å². The van der Waals surface area contributed by atoms with E-state index in [4.69, 9.17) is 4.74 Å². The first-order valence-electron chi connectivity index (χ1n) is 32.0. The molecule has 500 valence electrons. The third-order valence-corrected chi connectivity index (χ3v) is 20.3. The van der Waals surface area contributed by atoms with Gasteiger partial charge in [-0.1, -0.05) is 47.7 Å². The Balaban J connectivity index is 0.990. The van der Waals surface area contributed by atoms with Crippen molar-refractivity contribution in [3.63, 3.8) is 0 Å². The predicted molar refractivity (Wildman–Crippen MR) is 354 cm³/mol. The van der Waals surface area contributed by atoms with Crippen molar-refractivity contribution in [3.8, 4) is 11.4 Å². The molecule has 11 rings (SSSR count). The quantitative estimate of drug-likeness (QED) is 0.127. The van der Waals surface area contributed by atoms with Gasteiger partial charge in [0, 0.05) is 85.4 Å². The number of rotatable bonds is 5. The largest absolute Gasteiger partial charge is 0.497 e. The van der Waals surface area contributed by atoms with Crippen molar-refractivity contribution in [3.05, 3.63) is 148 Å². The second-order valence-electron chi connectivity index (χ2n) is 24.9. The van der Waals surface area contributed by atoms with Crippen molar-refractivity contribution >= 4 is 93.2 Å². The van der Waals surface area contributed by atoms with Crippen LogP contribution in [0.2, 0.25) is 0 Å². The minimum Gasteiger partial charge on any atom is -0.497 e. The van der Waals surface area contributed by atoms with Crippen molar-refractivity contribution in [2.75, 3.05) is 44.8 Å². The number of amides is 9. The van der Waals surface area contributed by atoms with Crippen LogP contribution in [0.15, 0.2) is 97.3 Å². The molecule has 0 unspecified atom stereocenters. The molecule has 0 spiro atoms. The first-order chi connectivity index (χ1) is 45.7. The zero-order valence-corrected chi connectivity index (χ0v) is 54.9. The number of halogens is 2. The lowest BCUT2D eigenvalue weighted by Gasteiger charge is -2.36. The number of thioether (sulfide) groups is 2. The molecule has 0 radical (unpaired) electrons. The highest BCUT2D eigenvalue weighted by molar-refractivity contribution is 7.98. The molecule has 95 heavy (non-hydrogen) atoms. The van der Waals surface area contributed by atoms with E-state index in [1.807, 2.05) is 28.8 Å². The van der Waals surface area contributed by atoms with Crippen LogP contribution in [0.25, 0.3) is 22.2 Å². The number of carbonyl (C=O) groups excluding carboxylic acids is 9. The van der Waals surface area contributed by atoms with Gasteiger partial charge < -0.3 is 56.3 Å². The van der Waals surface area contributed by atoms with Gasteiger partial charge in [-0.05, 0) is 134 Å². The molecule has 27 heteroatoms. The van der Waals surface area contributed by atoms with E-state index in [-0.39, 0.29) is 64.2 Å². The molecular formula is C68H77F2N13O10S2. The van der Waals surface area contributed by atoms with Crippen LogP contribution in [0.4, 0.5) is 8.78 Å². The molecule has 2 saturated heterocycles. The molecule has 1 aliphatic carbocycles. The Morgan fingerprint density at radius 3 is 2.22 bits per heavy atom. The van der Waals surface area contributed by atoms with Gasteiger partial charge in [0.2, 0.25) is 53.2 Å². The van der Waals surface area contributed by atoms with Crippen LogP contribution in [0, 0.1) is 11.6 Å². The Hall–Kier alpha value is -9.11. The third kappa shape index (κ3) is 15.5. The van der Waals surface area contributed by atoms with E-state index in [0.29, 0.717) is 93.3 Å². The molecule has 6 heterocycles. The number of aromatic nitrogens is 4. The molecule has 6 aromatic rings. The molecular weight excluding hydrogens is 1260 g/mol. The number of ether oxygens (including phenoxy) is 1. The molecule has 6 bridgehead atoms. The highest BCUT2D eigenvalue weighted by atomic mass is 32.2. The van der Waals surface area contributed by atoms with E-state index >= 15 is 18.8 Å². The summed E-state index contributed by atoms with van der Waals surface area (Å²) in [6.45, 7) is 4.65. The SMILES string of the molecule is COc1ccc(C[C@@H]2NC(=O)[C@H](C)NC(=O)[C@@H]3CCCN3C(=O)[C@@H]3Cc4cn(c5ccc(F)cc45)Cc4cn(nn4)-c4c(cccc4CSCCC(=O)N[C@H](C)C(=O)NCC(=O)N[C@@H](CC4=CCc5ccc(F)cc54)C(=O)N3)CSCCNC(=O)[C@]3(C)CCCN3C2=O)cc1. The van der Waals surface area contributed by atoms with Crippen molar-refractivity contribution in [1.82, 2.24) is 66.6 Å². The highest BCUT2D eigenvalue weighted by Gasteiger charge is 2.48. The smallest absolute Gasteiger partial charge is 0.246 e. The summed E-state index contributed by atoms with van der Waals surface area (Å²) in [5, 5.41) is 29.3. The molecule has 9 amide bonds. The normalized spacial score (nSPS) is 24.3. The second kappa shape index (κ2) is 29.7. The van der Waals surface area contributed by atoms with Crippen LogP contribution >= 0.6 is 23.5 Å². The number of benzene rings is 4. The zero-order chi connectivity index (χ0) is 67.1. The van der Waals surface area contributed by atoms with Gasteiger partial charge >= 0.3 is 0 Å². The second-order valence-corrected chi connectivity index (χ2v) is 27.1. The maximum atomic E-state index is 15.7. The van der Waals surface area contributed by atoms with E-state index in [9.17, 15) is 33.2 Å². The van der Waals surface area contributed by atoms with Gasteiger partial charge in [0.1, 0.15) is 64.9 Å². The number of methoxy groups -OCH3 is 1. The summed E-state index contributed by atoms with van der Waals surface area (Å²) in [4.78, 5) is 133. The van der Waals surface area contributed by atoms with Gasteiger partial charge in [0.25, 0.3) is 0 Å². The Morgan fingerprint density at radius 2 is 1.44 bits per heavy atom. The average molecular weight is 1340 g/mol. The van der Waals surface area contributed by atoms with Crippen LogP contribution < -0.4 is 42.0 Å². The number of para-hydroxylation sites is 1. The number of nitrogens with one attached hydrogen (secondary N) is 7. The number of hydrogen-bond acceptors (Lipinski definition) is 14. The fourth-order valence-electron chi connectivity index (χ4n) is 13.2. The van der Waals surface area contributed by atoms with E-state index < -0.39 is 107 Å². The zero-order valence-electron chi connectivity index (χ0n) is 53.3. The number of carbonyl (C=O) groups is 9. The standard InChI is InChI=1S/C68H77F2N13O10S2/c1-39-61(86)72-33-59(85)75-53(29-43-14-13-42-15-16-47(69)31-51(42)43)63(88)77-55-30-46-34-80(56-20-17-48(70)32-52(46)56)35-49-36-83(79-78-49)60-44(37-94-26-21-58(84)73-39)8-5-9-45(60)38-95-27-23-71-67(92)68(3)22-7-25-82(68)66(91)54(28-41-11-18-50(93-4)19-12-41)76-62(87)40(2)74-64(89)57-10-6-24-81(57)65(55)90/h5,8-9,11-12,14-20,31-32,34,36,39-40,53-55,57H,6-7,10,13,21-30,33,35,37-38H2,1-4H3,(H,71,92)(H,72,86)(H,73,84)(H,74,89)(H,75,85)(H,76,87)(H,77,88)/t39-,40+,53+,54+,55+,57+,68+/m1/s1. The minimum absolute atomic E-state index is 0.0160. The maximum Gasteiger partial charge on any atom is 0.246 e. The van der Waals surface area contributed by atoms with Gasteiger partial charge in [-0.15, -0.1) is 5.10 Å². The van der Waals surface area contributed by atoms with Gasteiger partial charge in [0.15, 0.2) is 0 Å². The van der Waals surface area contributed by atoms with Crippen LogP contribution in [-0.4, -0.2) is 169 Å². The van der Waals surface area contributed by atoms with Crippen LogP contribution in [0.1, 0.15) is 98.4 Å². The first kappa shape index (κ1) is 67.3. The van der Waals surface area contributed by atoms with E-state index in [1.165, 1.54) is 66.8 Å². The summed E-state index contributed by atoms with van der Waals surface area (Å²) in [6, 6.07) is 13.7. The number of fused-ring (bicyclic) bond motifs is 5. The van der Waals surface area contributed by atoms with E-state index in [0.717, 1.165) is 22.4 Å². The lowest BCUT2D eigenvalue weighted by Crippen LogP contribution is -2.61. The summed E-state index contributed by atoms with van der Waals surface area (Å²) in [7, 11) is 1.53.